The Bertz CT molecular complexity index is 1220. The van der Waals surface area contributed by atoms with Crippen molar-refractivity contribution < 1.29 is 14.3 Å². The van der Waals surface area contributed by atoms with Crippen molar-refractivity contribution in [3.05, 3.63) is 65.3 Å². The first-order valence-corrected chi connectivity index (χ1v) is 9.77. The molecule has 4 aromatic rings. The van der Waals surface area contributed by atoms with Gasteiger partial charge in [0.05, 0.1) is 11.4 Å². The Morgan fingerprint density at radius 1 is 1.10 bits per heavy atom. The lowest BCUT2D eigenvalue weighted by Crippen LogP contribution is -2.22. The van der Waals surface area contributed by atoms with Crippen LogP contribution in [0.5, 0.6) is 11.5 Å². The molecule has 1 aliphatic rings. The minimum Gasteiger partial charge on any atom is -0.454 e. The Labute approximate surface area is 170 Å². The summed E-state index contributed by atoms with van der Waals surface area (Å²) in [7, 11) is 0. The standard InChI is InChI=1S/C21H16N4O3S/c22-18-14-2-3-15(13-5-7-23-8-6-13)25-21(14)29-19(18)20(26)24-10-12-1-4-16-17(9-12)28-11-27-16/h1-9H,10-11,22H2,(H,24,26). The summed E-state index contributed by atoms with van der Waals surface area (Å²) in [5, 5.41) is 3.69. The monoisotopic (exact) mass is 404 g/mol. The molecular formula is C21H16N4O3S. The van der Waals surface area contributed by atoms with Crippen LogP contribution < -0.4 is 20.5 Å². The van der Waals surface area contributed by atoms with Crippen LogP contribution in [0.2, 0.25) is 0 Å². The number of thiophene rings is 1. The Morgan fingerprint density at radius 3 is 2.79 bits per heavy atom. The smallest absolute Gasteiger partial charge is 0.263 e. The Hall–Kier alpha value is -3.65. The fourth-order valence-electron chi connectivity index (χ4n) is 3.16. The van der Waals surface area contributed by atoms with Crippen LogP contribution in [-0.4, -0.2) is 22.7 Å². The summed E-state index contributed by atoms with van der Waals surface area (Å²) in [5.74, 6) is 1.17. The minimum absolute atomic E-state index is 0.220. The number of pyridine rings is 2. The van der Waals surface area contributed by atoms with Gasteiger partial charge in [0.2, 0.25) is 6.79 Å². The molecule has 5 rings (SSSR count). The molecule has 29 heavy (non-hydrogen) atoms. The number of nitrogens with one attached hydrogen (secondary N) is 1. The van der Waals surface area contributed by atoms with E-state index in [9.17, 15) is 4.79 Å². The number of nitrogens with zero attached hydrogens (tertiary/aromatic N) is 2. The lowest BCUT2D eigenvalue weighted by Gasteiger charge is -2.05. The van der Waals surface area contributed by atoms with Crippen LogP contribution in [0.1, 0.15) is 15.2 Å². The van der Waals surface area contributed by atoms with Gasteiger partial charge in [-0.05, 0) is 42.0 Å². The van der Waals surface area contributed by atoms with E-state index < -0.39 is 0 Å². The fourth-order valence-corrected chi connectivity index (χ4v) is 4.17. The third-order valence-corrected chi connectivity index (χ3v) is 5.78. The van der Waals surface area contributed by atoms with E-state index in [1.54, 1.807) is 12.4 Å². The first kappa shape index (κ1) is 17.4. The van der Waals surface area contributed by atoms with Crippen LogP contribution in [-0.2, 0) is 6.54 Å². The maximum atomic E-state index is 12.7. The second kappa shape index (κ2) is 7.06. The topological polar surface area (TPSA) is 99.4 Å². The highest BCUT2D eigenvalue weighted by molar-refractivity contribution is 7.21. The summed E-state index contributed by atoms with van der Waals surface area (Å²) in [6.07, 6.45) is 3.44. The summed E-state index contributed by atoms with van der Waals surface area (Å²) in [4.78, 5) is 22.6. The Morgan fingerprint density at radius 2 is 1.93 bits per heavy atom. The summed E-state index contributed by atoms with van der Waals surface area (Å²) >= 11 is 1.29. The number of nitrogen functional groups attached to an aromatic ring is 1. The highest BCUT2D eigenvalue weighted by Gasteiger charge is 2.18. The first-order valence-electron chi connectivity index (χ1n) is 8.95. The number of anilines is 1. The molecule has 4 heterocycles. The quantitative estimate of drug-likeness (QED) is 0.539. The van der Waals surface area contributed by atoms with Crippen LogP contribution in [0.4, 0.5) is 5.69 Å². The molecular weight excluding hydrogens is 388 g/mol. The van der Waals surface area contributed by atoms with E-state index in [4.69, 9.17) is 15.2 Å². The van der Waals surface area contributed by atoms with Crippen LogP contribution in [0, 0.1) is 0 Å². The number of carbonyl (C=O) groups is 1. The van der Waals surface area contributed by atoms with Crippen molar-refractivity contribution in [3.63, 3.8) is 0 Å². The molecule has 3 N–H and O–H groups in total. The average Bonchev–Trinajstić information content (AvgIpc) is 3.36. The summed E-state index contributed by atoms with van der Waals surface area (Å²) in [6, 6.07) is 13.2. The van der Waals surface area contributed by atoms with Gasteiger partial charge < -0.3 is 20.5 Å². The van der Waals surface area contributed by atoms with Gasteiger partial charge in [-0.25, -0.2) is 4.98 Å². The molecule has 0 unspecified atom stereocenters. The predicted octanol–water partition coefficient (Wildman–Crippen LogP) is 3.60. The molecule has 3 aromatic heterocycles. The number of amides is 1. The van der Waals surface area contributed by atoms with Gasteiger partial charge in [-0.1, -0.05) is 6.07 Å². The van der Waals surface area contributed by atoms with E-state index in [1.807, 2.05) is 42.5 Å². The lowest BCUT2D eigenvalue weighted by molar-refractivity contribution is 0.0955. The number of fused-ring (bicyclic) bond motifs is 2. The number of aromatic nitrogens is 2. The molecule has 144 valence electrons. The second-order valence-corrected chi connectivity index (χ2v) is 7.50. The fraction of sp³-hybridized carbons (Fsp3) is 0.0952. The Balaban J connectivity index is 1.38. The maximum absolute atomic E-state index is 12.7. The summed E-state index contributed by atoms with van der Waals surface area (Å²) < 4.78 is 10.7. The van der Waals surface area contributed by atoms with Crippen LogP contribution in [0.15, 0.2) is 54.9 Å². The molecule has 0 aliphatic carbocycles. The van der Waals surface area contributed by atoms with Gasteiger partial charge in [0, 0.05) is 29.9 Å². The van der Waals surface area contributed by atoms with Crippen molar-refractivity contribution in [3.8, 4) is 22.8 Å². The van der Waals surface area contributed by atoms with E-state index in [2.05, 4.69) is 15.3 Å². The third kappa shape index (κ3) is 3.23. The van der Waals surface area contributed by atoms with Crippen molar-refractivity contribution in [1.82, 2.24) is 15.3 Å². The lowest BCUT2D eigenvalue weighted by atomic mass is 10.1. The van der Waals surface area contributed by atoms with Crippen molar-refractivity contribution in [2.75, 3.05) is 12.5 Å². The number of nitrogens with two attached hydrogens (primary N) is 1. The number of rotatable bonds is 4. The minimum atomic E-state index is -0.228. The first-order chi connectivity index (χ1) is 14.2. The zero-order chi connectivity index (χ0) is 19.8. The largest absolute Gasteiger partial charge is 0.454 e. The maximum Gasteiger partial charge on any atom is 0.263 e. The number of hydrogen-bond donors (Lipinski definition) is 2. The molecule has 0 atom stereocenters. The van der Waals surface area contributed by atoms with Gasteiger partial charge in [-0.3, -0.25) is 9.78 Å². The Kier molecular flexibility index (Phi) is 4.25. The summed E-state index contributed by atoms with van der Waals surface area (Å²) in [5.41, 5.74) is 9.37. The molecule has 0 spiro atoms. The van der Waals surface area contributed by atoms with Crippen molar-refractivity contribution in [2.45, 2.75) is 6.54 Å². The number of benzene rings is 1. The molecule has 0 fully saturated rings. The molecule has 0 saturated heterocycles. The van der Waals surface area contributed by atoms with Crippen LogP contribution in [0.25, 0.3) is 21.5 Å². The SMILES string of the molecule is Nc1c(C(=O)NCc2ccc3c(c2)OCO3)sc2nc(-c3ccncc3)ccc12. The van der Waals surface area contributed by atoms with E-state index >= 15 is 0 Å². The number of ether oxygens (including phenoxy) is 2. The van der Waals surface area contributed by atoms with E-state index in [1.165, 1.54) is 11.3 Å². The molecule has 8 heteroatoms. The molecule has 1 aromatic carbocycles. The van der Waals surface area contributed by atoms with E-state index in [0.717, 1.165) is 27.0 Å². The molecule has 0 radical (unpaired) electrons. The van der Waals surface area contributed by atoms with Crippen molar-refractivity contribution >= 4 is 33.1 Å². The summed E-state index contributed by atoms with van der Waals surface area (Å²) in [6.45, 7) is 0.580. The van der Waals surface area contributed by atoms with Gasteiger partial charge in [0.1, 0.15) is 9.71 Å². The van der Waals surface area contributed by atoms with Crippen LogP contribution in [0.3, 0.4) is 0 Å². The van der Waals surface area contributed by atoms with Crippen molar-refractivity contribution in [2.24, 2.45) is 0 Å². The van der Waals surface area contributed by atoms with Gasteiger partial charge in [0.25, 0.3) is 5.91 Å². The van der Waals surface area contributed by atoms with Crippen molar-refractivity contribution in [1.29, 1.82) is 0 Å². The molecule has 0 bridgehead atoms. The van der Waals surface area contributed by atoms with Gasteiger partial charge >= 0.3 is 0 Å². The second-order valence-electron chi connectivity index (χ2n) is 6.50. The zero-order valence-electron chi connectivity index (χ0n) is 15.2. The molecule has 1 amide bonds. The molecule has 7 nitrogen and oxygen atoms in total. The highest BCUT2D eigenvalue weighted by Crippen LogP contribution is 2.35. The highest BCUT2D eigenvalue weighted by atomic mass is 32.1. The van der Waals surface area contributed by atoms with Gasteiger partial charge in [0.15, 0.2) is 11.5 Å². The van der Waals surface area contributed by atoms with Gasteiger partial charge in [-0.2, -0.15) is 0 Å². The third-order valence-electron chi connectivity index (χ3n) is 4.67. The van der Waals surface area contributed by atoms with Crippen LogP contribution >= 0.6 is 11.3 Å². The van der Waals surface area contributed by atoms with Gasteiger partial charge in [-0.15, -0.1) is 11.3 Å². The van der Waals surface area contributed by atoms with E-state index in [0.29, 0.717) is 28.6 Å². The van der Waals surface area contributed by atoms with E-state index in [-0.39, 0.29) is 12.7 Å². The average molecular weight is 404 g/mol. The number of carbonyl (C=O) groups excluding carboxylic acids is 1. The molecule has 0 saturated carbocycles. The number of hydrogen-bond acceptors (Lipinski definition) is 7. The molecule has 1 aliphatic heterocycles. The predicted molar refractivity (Wildman–Crippen MR) is 111 cm³/mol. The zero-order valence-corrected chi connectivity index (χ0v) is 16.0. The normalized spacial score (nSPS) is 12.3.